The molecule has 0 aliphatic carbocycles. The van der Waals surface area contributed by atoms with E-state index in [1.54, 1.807) is 6.07 Å². The van der Waals surface area contributed by atoms with Gasteiger partial charge >= 0.3 is 0 Å². The molecule has 0 aliphatic rings. The highest BCUT2D eigenvalue weighted by molar-refractivity contribution is 7.43. The SMILES string of the molecule is O=P([O-])([O-])OCc1cnc(-c2ccno2)s1. The first-order chi connectivity index (χ1) is 7.54. The standard InChI is InChI=1S/C7H7N2O5PS/c10-15(11,12)13-4-5-3-8-7(16-5)6-1-2-9-14-6/h1-3H,4H2,(H2,10,11,12)/p-2. The average Bonchev–Trinajstić information content (AvgIpc) is 2.84. The number of thiazole rings is 1. The summed E-state index contributed by atoms with van der Waals surface area (Å²) in [4.78, 5) is 25.0. The minimum absolute atomic E-state index is 0.309. The van der Waals surface area contributed by atoms with Crippen LogP contribution >= 0.6 is 19.2 Å². The Bertz CT molecular complexity index is 505. The molecule has 0 bridgehead atoms. The quantitative estimate of drug-likeness (QED) is 0.719. The van der Waals surface area contributed by atoms with Gasteiger partial charge in [0, 0.05) is 12.3 Å². The van der Waals surface area contributed by atoms with Crippen LogP contribution in [-0.2, 0) is 15.7 Å². The van der Waals surface area contributed by atoms with Gasteiger partial charge in [0.1, 0.15) is 0 Å². The minimum atomic E-state index is -4.94. The van der Waals surface area contributed by atoms with Gasteiger partial charge in [-0.2, -0.15) is 0 Å². The lowest BCUT2D eigenvalue weighted by Crippen LogP contribution is -2.15. The molecule has 0 N–H and O–H groups in total. The molecule has 9 heteroatoms. The summed E-state index contributed by atoms with van der Waals surface area (Å²) in [7, 11) is -4.94. The van der Waals surface area contributed by atoms with Gasteiger partial charge in [-0.15, -0.1) is 11.3 Å². The number of phosphoric ester groups is 1. The zero-order chi connectivity index (χ0) is 11.6. The van der Waals surface area contributed by atoms with Gasteiger partial charge in [-0.25, -0.2) is 4.98 Å². The summed E-state index contributed by atoms with van der Waals surface area (Å²) in [6, 6.07) is 1.62. The lowest BCUT2D eigenvalue weighted by Gasteiger charge is -2.27. The summed E-state index contributed by atoms with van der Waals surface area (Å²) in [5.74, 6) is 0.476. The normalized spacial score (nSPS) is 11.9. The monoisotopic (exact) mass is 260 g/mol. The third-order valence-electron chi connectivity index (χ3n) is 1.57. The first-order valence-electron chi connectivity index (χ1n) is 4.07. The lowest BCUT2D eigenvalue weighted by molar-refractivity contribution is -0.342. The fourth-order valence-electron chi connectivity index (χ4n) is 0.957. The summed E-state index contributed by atoms with van der Waals surface area (Å²) in [5.41, 5.74) is 0. The van der Waals surface area contributed by atoms with Crippen molar-refractivity contribution in [3.63, 3.8) is 0 Å². The highest BCUT2D eigenvalue weighted by atomic mass is 32.1. The van der Waals surface area contributed by atoms with Crippen molar-refractivity contribution in [1.29, 1.82) is 0 Å². The molecule has 2 aromatic heterocycles. The Balaban J connectivity index is 2.06. The number of rotatable bonds is 4. The molecule has 86 valence electrons. The van der Waals surface area contributed by atoms with E-state index in [-0.39, 0.29) is 6.61 Å². The van der Waals surface area contributed by atoms with Crippen LogP contribution < -0.4 is 9.79 Å². The van der Waals surface area contributed by atoms with Gasteiger partial charge in [0.2, 0.25) is 0 Å². The van der Waals surface area contributed by atoms with Crippen LogP contribution in [0.4, 0.5) is 0 Å². The smallest absolute Gasteiger partial charge is 0.195 e. The molecule has 0 unspecified atom stereocenters. The first kappa shape index (κ1) is 11.4. The van der Waals surface area contributed by atoms with E-state index >= 15 is 0 Å². The third kappa shape index (κ3) is 2.97. The summed E-state index contributed by atoms with van der Waals surface area (Å²) in [6.07, 6.45) is 2.88. The van der Waals surface area contributed by atoms with Crippen molar-refractivity contribution in [1.82, 2.24) is 10.1 Å². The molecule has 0 saturated carbocycles. The fourth-order valence-corrected chi connectivity index (χ4v) is 2.12. The Kier molecular flexibility index (Phi) is 3.17. The number of hydrogen-bond acceptors (Lipinski definition) is 8. The lowest BCUT2D eigenvalue weighted by atomic mass is 10.5. The third-order valence-corrected chi connectivity index (χ3v) is 3.00. The molecular weight excluding hydrogens is 255 g/mol. The second kappa shape index (κ2) is 4.44. The minimum Gasteiger partial charge on any atom is -0.790 e. The Morgan fingerprint density at radius 3 is 3.00 bits per heavy atom. The van der Waals surface area contributed by atoms with Crippen molar-refractivity contribution < 1.29 is 23.4 Å². The molecule has 0 fully saturated rings. The molecule has 0 radical (unpaired) electrons. The fraction of sp³-hybridized carbons (Fsp3) is 0.143. The summed E-state index contributed by atoms with van der Waals surface area (Å²) >= 11 is 1.16. The van der Waals surface area contributed by atoms with Crippen LogP contribution in [0.5, 0.6) is 0 Å². The molecule has 2 rings (SSSR count). The van der Waals surface area contributed by atoms with E-state index in [1.165, 1.54) is 12.4 Å². The molecule has 2 aromatic rings. The van der Waals surface area contributed by atoms with Gasteiger partial charge in [-0.1, -0.05) is 5.16 Å². The van der Waals surface area contributed by atoms with Crippen LogP contribution in [-0.4, -0.2) is 10.1 Å². The van der Waals surface area contributed by atoms with Crippen LogP contribution in [0.15, 0.2) is 23.0 Å². The Labute approximate surface area is 93.9 Å². The van der Waals surface area contributed by atoms with Gasteiger partial charge in [0.05, 0.1) is 25.5 Å². The average molecular weight is 260 g/mol. The van der Waals surface area contributed by atoms with E-state index in [0.29, 0.717) is 15.6 Å². The Morgan fingerprint density at radius 1 is 1.56 bits per heavy atom. The molecule has 0 spiro atoms. The van der Waals surface area contributed by atoms with E-state index in [9.17, 15) is 14.4 Å². The van der Waals surface area contributed by atoms with E-state index in [4.69, 9.17) is 4.52 Å². The van der Waals surface area contributed by atoms with Crippen LogP contribution in [0.3, 0.4) is 0 Å². The number of nitrogens with zero attached hydrogens (tertiary/aromatic N) is 2. The molecule has 0 aliphatic heterocycles. The van der Waals surface area contributed by atoms with E-state index in [1.807, 2.05) is 0 Å². The van der Waals surface area contributed by atoms with Crippen LogP contribution in [0.2, 0.25) is 0 Å². The maximum Gasteiger partial charge on any atom is 0.195 e. The molecule has 7 nitrogen and oxygen atoms in total. The molecule has 0 atom stereocenters. The second-order valence-corrected chi connectivity index (χ2v) is 5.00. The highest BCUT2D eigenvalue weighted by Gasteiger charge is 2.08. The number of aromatic nitrogens is 2. The molecule has 0 amide bonds. The maximum atomic E-state index is 10.2. The topological polar surface area (TPSA) is 111 Å². The van der Waals surface area contributed by atoms with E-state index in [0.717, 1.165) is 11.3 Å². The van der Waals surface area contributed by atoms with Crippen LogP contribution in [0, 0.1) is 0 Å². The number of phosphoric acid groups is 1. The maximum absolute atomic E-state index is 10.2. The molecule has 16 heavy (non-hydrogen) atoms. The van der Waals surface area contributed by atoms with Crippen molar-refractivity contribution in [2.75, 3.05) is 0 Å². The molecule has 2 heterocycles. The van der Waals surface area contributed by atoms with Crippen LogP contribution in [0.1, 0.15) is 4.88 Å². The van der Waals surface area contributed by atoms with E-state index in [2.05, 4.69) is 14.7 Å². The summed E-state index contributed by atoms with van der Waals surface area (Å²) in [5, 5.41) is 4.05. The molecule has 0 aromatic carbocycles. The van der Waals surface area contributed by atoms with Crippen molar-refractivity contribution in [3.05, 3.63) is 23.3 Å². The molecular formula is C7H5N2O5PS-2. The van der Waals surface area contributed by atoms with Crippen molar-refractivity contribution in [2.45, 2.75) is 6.61 Å². The number of hydrogen-bond donors (Lipinski definition) is 0. The van der Waals surface area contributed by atoms with Crippen molar-refractivity contribution in [2.24, 2.45) is 0 Å². The Morgan fingerprint density at radius 2 is 2.38 bits per heavy atom. The highest BCUT2D eigenvalue weighted by Crippen LogP contribution is 2.30. The van der Waals surface area contributed by atoms with E-state index < -0.39 is 7.82 Å². The predicted molar refractivity (Wildman–Crippen MR) is 50.0 cm³/mol. The second-order valence-electron chi connectivity index (χ2n) is 2.73. The van der Waals surface area contributed by atoms with Gasteiger partial charge < -0.3 is 23.4 Å². The van der Waals surface area contributed by atoms with Crippen molar-refractivity contribution in [3.8, 4) is 10.8 Å². The van der Waals surface area contributed by atoms with Gasteiger partial charge in [0.15, 0.2) is 10.8 Å². The Hall–Kier alpha value is -1.05. The zero-order valence-electron chi connectivity index (χ0n) is 7.73. The molecule has 0 saturated heterocycles. The van der Waals surface area contributed by atoms with Crippen molar-refractivity contribution >= 4 is 19.2 Å². The summed E-state index contributed by atoms with van der Waals surface area (Å²) < 4.78 is 19.2. The zero-order valence-corrected chi connectivity index (χ0v) is 9.44. The first-order valence-corrected chi connectivity index (χ1v) is 6.35. The van der Waals surface area contributed by atoms with Gasteiger partial charge in [-0.3, -0.25) is 0 Å². The van der Waals surface area contributed by atoms with Gasteiger partial charge in [-0.05, 0) is 0 Å². The van der Waals surface area contributed by atoms with Crippen LogP contribution in [0.25, 0.3) is 10.8 Å². The summed E-state index contributed by atoms with van der Waals surface area (Å²) in [6.45, 7) is -0.309. The van der Waals surface area contributed by atoms with Gasteiger partial charge in [0.25, 0.3) is 0 Å². The largest absolute Gasteiger partial charge is 0.790 e. The predicted octanol–water partition coefficient (Wildman–Crippen LogP) is 0.143.